The first-order chi connectivity index (χ1) is 13.4. The largest absolute Gasteiger partial charge is 0.416 e. The van der Waals surface area contributed by atoms with Gasteiger partial charge in [-0.2, -0.15) is 18.4 Å². The predicted molar refractivity (Wildman–Crippen MR) is 94.9 cm³/mol. The number of allylic oxidation sites excluding steroid dienone is 1. The molecule has 28 heavy (non-hydrogen) atoms. The molecule has 0 saturated carbocycles. The van der Waals surface area contributed by atoms with E-state index in [9.17, 15) is 18.0 Å². The highest BCUT2D eigenvalue weighted by Gasteiger charge is 2.38. The predicted octanol–water partition coefficient (Wildman–Crippen LogP) is 3.70. The van der Waals surface area contributed by atoms with Crippen LogP contribution in [-0.4, -0.2) is 17.4 Å². The van der Waals surface area contributed by atoms with E-state index < -0.39 is 17.8 Å². The first kappa shape index (κ1) is 18.2. The van der Waals surface area contributed by atoms with Crippen LogP contribution >= 0.6 is 0 Å². The fourth-order valence-electron chi connectivity index (χ4n) is 3.67. The van der Waals surface area contributed by atoms with Crippen molar-refractivity contribution in [1.82, 2.24) is 10.3 Å². The van der Waals surface area contributed by atoms with E-state index in [1.807, 2.05) is 6.07 Å². The minimum atomic E-state index is -4.43. The SMILES string of the molecule is N#Cc1ccc(C2NCN(c3cccc(C(F)(F)F)c3)C3=C2C(=O)CC3)cn1. The van der Waals surface area contributed by atoms with E-state index in [0.717, 1.165) is 23.4 Å². The average molecular weight is 384 g/mol. The number of Topliss-reactive ketones (excluding diaryl/α,β-unsaturated/α-hetero) is 1. The van der Waals surface area contributed by atoms with Gasteiger partial charge in [0.1, 0.15) is 11.8 Å². The molecule has 0 bridgehead atoms. The lowest BCUT2D eigenvalue weighted by atomic mass is 9.96. The molecule has 0 fully saturated rings. The van der Waals surface area contributed by atoms with Crippen molar-refractivity contribution in [2.75, 3.05) is 11.6 Å². The van der Waals surface area contributed by atoms with Gasteiger partial charge in [-0.3, -0.25) is 10.1 Å². The molecular weight excluding hydrogens is 369 g/mol. The number of halogens is 3. The minimum Gasteiger partial charge on any atom is -0.331 e. The van der Waals surface area contributed by atoms with E-state index in [0.29, 0.717) is 24.1 Å². The maximum absolute atomic E-state index is 13.1. The summed E-state index contributed by atoms with van der Waals surface area (Å²) >= 11 is 0. The topological polar surface area (TPSA) is 69.0 Å². The second kappa shape index (κ2) is 6.77. The van der Waals surface area contributed by atoms with Crippen LogP contribution in [0.4, 0.5) is 18.9 Å². The van der Waals surface area contributed by atoms with Crippen molar-refractivity contribution >= 4 is 11.5 Å². The smallest absolute Gasteiger partial charge is 0.331 e. The third kappa shape index (κ3) is 3.14. The minimum absolute atomic E-state index is 0.0338. The molecule has 142 valence electrons. The van der Waals surface area contributed by atoms with E-state index >= 15 is 0 Å². The zero-order valence-electron chi connectivity index (χ0n) is 14.6. The molecule has 0 radical (unpaired) electrons. The zero-order valence-corrected chi connectivity index (χ0v) is 14.6. The van der Waals surface area contributed by atoms with Gasteiger partial charge in [-0.05, 0) is 36.2 Å². The molecule has 5 nitrogen and oxygen atoms in total. The number of alkyl halides is 3. The highest BCUT2D eigenvalue weighted by atomic mass is 19.4. The Morgan fingerprint density at radius 2 is 2.04 bits per heavy atom. The monoisotopic (exact) mass is 384 g/mol. The molecule has 8 heteroatoms. The standard InChI is InChI=1S/C20H15F3N4O/c21-20(22,23)13-2-1-3-15(8-13)27-11-26-19(18-16(27)6-7-17(18)28)12-4-5-14(9-24)25-10-12/h1-5,8,10,19,26H,6-7,11H2. The molecular formula is C20H15F3N4O. The second-order valence-corrected chi connectivity index (χ2v) is 6.64. The van der Waals surface area contributed by atoms with E-state index in [-0.39, 0.29) is 18.1 Å². The molecule has 0 amide bonds. The molecule has 1 aromatic carbocycles. The van der Waals surface area contributed by atoms with E-state index in [1.165, 1.54) is 6.07 Å². The fraction of sp³-hybridized carbons (Fsp3) is 0.250. The highest BCUT2D eigenvalue weighted by molar-refractivity contribution is 6.01. The summed E-state index contributed by atoms with van der Waals surface area (Å²) in [5, 5.41) is 12.1. The van der Waals surface area contributed by atoms with Crippen molar-refractivity contribution in [3.8, 4) is 6.07 Å². The van der Waals surface area contributed by atoms with Gasteiger partial charge in [-0.1, -0.05) is 12.1 Å². The summed E-state index contributed by atoms with van der Waals surface area (Å²) in [5.41, 5.74) is 1.96. The summed E-state index contributed by atoms with van der Waals surface area (Å²) in [5.74, 6) is -0.0338. The van der Waals surface area contributed by atoms with Crippen LogP contribution in [0, 0.1) is 11.3 Å². The van der Waals surface area contributed by atoms with Crippen LogP contribution in [-0.2, 0) is 11.0 Å². The summed E-state index contributed by atoms with van der Waals surface area (Å²) in [7, 11) is 0. The highest BCUT2D eigenvalue weighted by Crippen LogP contribution is 2.40. The Labute approximate surface area is 159 Å². The average Bonchev–Trinajstić information content (AvgIpc) is 3.09. The molecule has 1 aliphatic carbocycles. The van der Waals surface area contributed by atoms with Gasteiger partial charge in [-0.25, -0.2) is 4.98 Å². The van der Waals surface area contributed by atoms with Crippen molar-refractivity contribution in [2.24, 2.45) is 0 Å². The van der Waals surface area contributed by atoms with Crippen LogP contribution in [0.15, 0.2) is 53.9 Å². The number of hydrogen-bond acceptors (Lipinski definition) is 5. The third-order valence-corrected chi connectivity index (χ3v) is 4.99. The van der Waals surface area contributed by atoms with Gasteiger partial charge in [0, 0.05) is 29.6 Å². The summed E-state index contributed by atoms with van der Waals surface area (Å²) < 4.78 is 39.2. The number of benzene rings is 1. The van der Waals surface area contributed by atoms with Crippen LogP contribution in [0.2, 0.25) is 0 Å². The number of hydrogen-bond donors (Lipinski definition) is 1. The maximum Gasteiger partial charge on any atom is 0.416 e. The molecule has 1 atom stereocenters. The van der Waals surface area contributed by atoms with Crippen LogP contribution in [0.3, 0.4) is 0 Å². The molecule has 2 aliphatic rings. The van der Waals surface area contributed by atoms with Gasteiger partial charge in [0.2, 0.25) is 0 Å². The summed E-state index contributed by atoms with van der Waals surface area (Å²) in [6, 6.07) is 9.96. The van der Waals surface area contributed by atoms with Crippen molar-refractivity contribution < 1.29 is 18.0 Å². The number of aromatic nitrogens is 1. The molecule has 4 rings (SSSR count). The molecule has 1 aromatic heterocycles. The van der Waals surface area contributed by atoms with Crippen LogP contribution < -0.4 is 10.2 Å². The number of nitriles is 1. The lowest BCUT2D eigenvalue weighted by Gasteiger charge is -2.36. The van der Waals surface area contributed by atoms with Gasteiger partial charge in [0.05, 0.1) is 18.3 Å². The van der Waals surface area contributed by atoms with Crippen LogP contribution in [0.25, 0.3) is 0 Å². The number of pyridine rings is 1. The molecule has 1 aliphatic heterocycles. The van der Waals surface area contributed by atoms with Crippen LogP contribution in [0.5, 0.6) is 0 Å². The van der Waals surface area contributed by atoms with Gasteiger partial charge in [0.25, 0.3) is 0 Å². The maximum atomic E-state index is 13.1. The van der Waals surface area contributed by atoms with Crippen LogP contribution in [0.1, 0.15) is 35.7 Å². The van der Waals surface area contributed by atoms with E-state index in [1.54, 1.807) is 29.3 Å². The number of carbonyl (C=O) groups is 1. The lowest BCUT2D eigenvalue weighted by molar-refractivity contribution is -0.137. The van der Waals surface area contributed by atoms with Crippen molar-refractivity contribution in [3.63, 3.8) is 0 Å². The van der Waals surface area contributed by atoms with E-state index in [4.69, 9.17) is 5.26 Å². The number of ketones is 1. The molecule has 1 N–H and O–H groups in total. The van der Waals surface area contributed by atoms with Crippen molar-refractivity contribution in [3.05, 3.63) is 70.7 Å². The molecule has 2 heterocycles. The molecule has 1 unspecified atom stereocenters. The Balaban J connectivity index is 1.73. The number of anilines is 1. The Morgan fingerprint density at radius 1 is 1.21 bits per heavy atom. The van der Waals surface area contributed by atoms with Crippen molar-refractivity contribution in [2.45, 2.75) is 25.1 Å². The van der Waals surface area contributed by atoms with Gasteiger partial charge < -0.3 is 4.90 Å². The first-order valence-corrected chi connectivity index (χ1v) is 8.69. The number of carbonyl (C=O) groups excluding carboxylic acids is 1. The third-order valence-electron chi connectivity index (χ3n) is 4.99. The fourth-order valence-corrected chi connectivity index (χ4v) is 3.67. The first-order valence-electron chi connectivity index (χ1n) is 8.69. The zero-order chi connectivity index (χ0) is 19.9. The van der Waals surface area contributed by atoms with E-state index in [2.05, 4.69) is 10.3 Å². The Kier molecular flexibility index (Phi) is 4.40. The van der Waals surface area contributed by atoms with Gasteiger partial charge >= 0.3 is 6.18 Å². The molecule has 0 spiro atoms. The van der Waals surface area contributed by atoms with Crippen molar-refractivity contribution in [1.29, 1.82) is 5.26 Å². The quantitative estimate of drug-likeness (QED) is 0.855. The van der Waals surface area contributed by atoms with Gasteiger partial charge in [-0.15, -0.1) is 0 Å². The number of rotatable bonds is 2. The lowest BCUT2D eigenvalue weighted by Crippen LogP contribution is -2.42. The summed E-state index contributed by atoms with van der Waals surface area (Å²) in [6.45, 7) is 0.262. The summed E-state index contributed by atoms with van der Waals surface area (Å²) in [4.78, 5) is 18.3. The Bertz CT molecular complexity index is 1010. The Morgan fingerprint density at radius 3 is 2.71 bits per heavy atom. The number of nitrogens with zero attached hydrogens (tertiary/aromatic N) is 3. The summed E-state index contributed by atoms with van der Waals surface area (Å²) in [6.07, 6.45) is -2.08. The molecule has 2 aromatic rings. The second-order valence-electron chi connectivity index (χ2n) is 6.64. The molecule has 0 saturated heterocycles. The Hall–Kier alpha value is -3.18. The van der Waals surface area contributed by atoms with Gasteiger partial charge in [0.15, 0.2) is 5.78 Å². The number of nitrogens with one attached hydrogen (secondary N) is 1. The normalized spacial score (nSPS) is 19.6.